The van der Waals surface area contributed by atoms with Crippen LogP contribution in [0.1, 0.15) is 226 Å². The lowest BCUT2D eigenvalue weighted by molar-refractivity contribution is -0.890. The lowest BCUT2D eigenvalue weighted by Crippen LogP contribution is -2.41. The Morgan fingerprint density at radius 1 is 0.438 bits per heavy atom. The fourth-order valence-corrected chi connectivity index (χ4v) is 6.74. The Morgan fingerprint density at radius 2 is 0.792 bits per heavy atom. The molecule has 0 aliphatic rings. The van der Waals surface area contributed by atoms with E-state index in [-0.39, 0.29) is 18.0 Å². The number of hydrogen-bond donors (Lipinski definition) is 0. The Labute approximate surface area is 301 Å². The van der Waals surface area contributed by atoms with Gasteiger partial charge in [0, 0.05) is 12.8 Å². The molecule has 0 aliphatic carbocycles. The van der Waals surface area contributed by atoms with Crippen molar-refractivity contribution < 1.29 is 23.5 Å². The fraction of sp³-hybridized carbons (Fsp3) is 0.953. The van der Waals surface area contributed by atoms with Crippen LogP contribution in [0.15, 0.2) is 0 Å². The molecular weight excluding hydrogens is 594 g/mol. The molecule has 5 heteroatoms. The number of carbonyl (C=O) groups is 2. The zero-order chi connectivity index (χ0) is 35.4. The average molecular weight is 681 g/mol. The van der Waals surface area contributed by atoms with Crippen molar-refractivity contribution in [3.63, 3.8) is 0 Å². The highest BCUT2D eigenvalue weighted by atomic mass is 16.5. The van der Waals surface area contributed by atoms with Crippen molar-refractivity contribution in [3.05, 3.63) is 0 Å². The highest BCUT2D eigenvalue weighted by Crippen LogP contribution is 2.18. The molecule has 1 atom stereocenters. The smallest absolute Gasteiger partial charge is 0.306 e. The summed E-state index contributed by atoms with van der Waals surface area (Å²) in [5, 5.41) is 0. The molecule has 0 rings (SSSR count). The normalized spacial score (nSPS) is 12.4. The molecular formula is C43H86NO4+. The number of unbranched alkanes of at least 4 members (excludes halogenated alkanes) is 23. The maximum Gasteiger partial charge on any atom is 0.306 e. The van der Waals surface area contributed by atoms with Crippen LogP contribution in [0.5, 0.6) is 0 Å². The summed E-state index contributed by atoms with van der Waals surface area (Å²) < 4.78 is 12.5. The summed E-state index contributed by atoms with van der Waals surface area (Å²) in [5.41, 5.74) is 0. The number of esters is 2. The van der Waals surface area contributed by atoms with Crippen LogP contribution in [0.3, 0.4) is 0 Å². The van der Waals surface area contributed by atoms with Gasteiger partial charge in [0.15, 0.2) is 0 Å². The van der Waals surface area contributed by atoms with E-state index in [4.69, 9.17) is 9.47 Å². The van der Waals surface area contributed by atoms with Crippen LogP contribution < -0.4 is 0 Å². The lowest BCUT2D eigenvalue weighted by atomic mass is 10.0. The predicted molar refractivity (Wildman–Crippen MR) is 207 cm³/mol. The Kier molecular flexibility index (Phi) is 34.9. The van der Waals surface area contributed by atoms with Gasteiger partial charge in [-0.2, -0.15) is 0 Å². The number of quaternary nitrogens is 1. The van der Waals surface area contributed by atoms with Gasteiger partial charge in [-0.1, -0.05) is 143 Å². The van der Waals surface area contributed by atoms with Crippen molar-refractivity contribution in [1.29, 1.82) is 0 Å². The third-order valence-electron chi connectivity index (χ3n) is 10.1. The van der Waals surface area contributed by atoms with Gasteiger partial charge >= 0.3 is 11.9 Å². The molecule has 0 spiro atoms. The third-order valence-corrected chi connectivity index (χ3v) is 10.1. The van der Waals surface area contributed by atoms with Gasteiger partial charge in [-0.05, 0) is 70.6 Å². The van der Waals surface area contributed by atoms with Gasteiger partial charge in [0.25, 0.3) is 0 Å². The van der Waals surface area contributed by atoms with Crippen molar-refractivity contribution in [2.45, 2.75) is 232 Å². The monoisotopic (exact) mass is 681 g/mol. The maximum atomic E-state index is 12.6. The third kappa shape index (κ3) is 34.8. The van der Waals surface area contributed by atoms with E-state index in [9.17, 15) is 9.59 Å². The molecule has 0 aromatic rings. The standard InChI is InChI=1S/C43H86NO4/c1-6-9-12-15-17-26-33-40-47-42(45)36-29-22-18-24-31-38-44(4,5)39-32-25-19-23-30-37-43(46)48-41(34-27-20-14-11-8-3)35-28-21-16-13-10-7-2/h41H,6-40H2,1-5H3/q+1. The van der Waals surface area contributed by atoms with Gasteiger partial charge in [-0.25, -0.2) is 0 Å². The molecule has 0 amide bonds. The molecule has 1 unspecified atom stereocenters. The summed E-state index contributed by atoms with van der Waals surface area (Å²) in [6, 6.07) is 0. The summed E-state index contributed by atoms with van der Waals surface area (Å²) >= 11 is 0. The topological polar surface area (TPSA) is 52.6 Å². The Hall–Kier alpha value is -1.10. The van der Waals surface area contributed by atoms with E-state index in [1.54, 1.807) is 0 Å². The van der Waals surface area contributed by atoms with Crippen LogP contribution >= 0.6 is 0 Å². The van der Waals surface area contributed by atoms with Crippen molar-refractivity contribution >= 4 is 11.9 Å². The minimum Gasteiger partial charge on any atom is -0.466 e. The molecule has 0 N–H and O–H groups in total. The zero-order valence-corrected chi connectivity index (χ0v) is 33.4. The van der Waals surface area contributed by atoms with Crippen molar-refractivity contribution in [2.75, 3.05) is 33.8 Å². The summed E-state index contributed by atoms with van der Waals surface area (Å²) in [6.07, 6.45) is 38.0. The molecule has 0 heterocycles. The van der Waals surface area contributed by atoms with Gasteiger partial charge in [-0.3, -0.25) is 9.59 Å². The SMILES string of the molecule is CCCCCCCCCOC(=O)CCCCCCC[N+](C)(C)CCCCCCCC(=O)OC(CCCCCCC)CCCCCCCC. The van der Waals surface area contributed by atoms with Crippen LogP contribution in [0.25, 0.3) is 0 Å². The zero-order valence-electron chi connectivity index (χ0n) is 33.4. The molecule has 0 bridgehead atoms. The van der Waals surface area contributed by atoms with E-state index in [0.29, 0.717) is 19.4 Å². The fourth-order valence-electron chi connectivity index (χ4n) is 6.74. The summed E-state index contributed by atoms with van der Waals surface area (Å²) in [6.45, 7) is 9.83. The van der Waals surface area contributed by atoms with Crippen LogP contribution in [-0.2, 0) is 19.1 Å². The lowest BCUT2D eigenvalue weighted by Gasteiger charge is -2.30. The average Bonchev–Trinajstić information content (AvgIpc) is 3.06. The largest absolute Gasteiger partial charge is 0.466 e. The summed E-state index contributed by atoms with van der Waals surface area (Å²) in [5.74, 6) is 0.0331. The van der Waals surface area contributed by atoms with E-state index in [2.05, 4.69) is 34.9 Å². The van der Waals surface area contributed by atoms with Crippen molar-refractivity contribution in [3.8, 4) is 0 Å². The van der Waals surface area contributed by atoms with Gasteiger partial charge in [0.1, 0.15) is 6.10 Å². The minimum absolute atomic E-state index is 0.00495. The van der Waals surface area contributed by atoms with Gasteiger partial charge in [0.2, 0.25) is 0 Å². The number of nitrogens with zero attached hydrogens (tertiary/aromatic N) is 1. The van der Waals surface area contributed by atoms with Gasteiger partial charge < -0.3 is 14.0 Å². The van der Waals surface area contributed by atoms with Crippen molar-refractivity contribution in [1.82, 2.24) is 0 Å². The van der Waals surface area contributed by atoms with Crippen LogP contribution in [0.4, 0.5) is 0 Å². The van der Waals surface area contributed by atoms with Crippen LogP contribution in [0, 0.1) is 0 Å². The number of rotatable bonds is 38. The first kappa shape index (κ1) is 46.9. The second-order valence-electron chi connectivity index (χ2n) is 15.6. The van der Waals surface area contributed by atoms with Crippen LogP contribution in [-0.4, -0.2) is 56.3 Å². The first-order valence-electron chi connectivity index (χ1n) is 21.5. The molecule has 0 saturated carbocycles. The van der Waals surface area contributed by atoms with Gasteiger partial charge in [-0.15, -0.1) is 0 Å². The van der Waals surface area contributed by atoms with E-state index in [1.807, 2.05) is 0 Å². The number of carbonyl (C=O) groups excluding carboxylic acids is 2. The Balaban J connectivity index is 3.83. The highest BCUT2D eigenvalue weighted by Gasteiger charge is 2.15. The molecule has 0 fully saturated rings. The van der Waals surface area contributed by atoms with Crippen LogP contribution in [0.2, 0.25) is 0 Å². The first-order chi connectivity index (χ1) is 23.3. The Bertz CT molecular complexity index is 694. The molecule has 48 heavy (non-hydrogen) atoms. The molecule has 0 aromatic heterocycles. The second-order valence-corrected chi connectivity index (χ2v) is 15.6. The minimum atomic E-state index is -0.00495. The molecule has 0 saturated heterocycles. The molecule has 0 radical (unpaired) electrons. The first-order valence-corrected chi connectivity index (χ1v) is 21.5. The maximum absolute atomic E-state index is 12.6. The predicted octanol–water partition coefficient (Wildman–Crippen LogP) is 13.1. The highest BCUT2D eigenvalue weighted by molar-refractivity contribution is 5.69. The van der Waals surface area contributed by atoms with E-state index >= 15 is 0 Å². The summed E-state index contributed by atoms with van der Waals surface area (Å²) in [4.78, 5) is 24.6. The van der Waals surface area contributed by atoms with Crippen molar-refractivity contribution in [2.24, 2.45) is 0 Å². The second kappa shape index (κ2) is 35.7. The Morgan fingerprint density at radius 3 is 1.25 bits per heavy atom. The number of ether oxygens (including phenoxy) is 2. The van der Waals surface area contributed by atoms with Gasteiger partial charge in [0.05, 0.1) is 33.8 Å². The summed E-state index contributed by atoms with van der Waals surface area (Å²) in [7, 11) is 4.73. The van der Waals surface area contributed by atoms with E-state index in [0.717, 1.165) is 49.4 Å². The molecule has 5 nitrogen and oxygen atoms in total. The number of hydrogen-bond acceptors (Lipinski definition) is 4. The molecule has 0 aliphatic heterocycles. The quantitative estimate of drug-likeness (QED) is 0.0370. The molecule has 286 valence electrons. The van der Waals surface area contributed by atoms with E-state index < -0.39 is 0 Å². The molecule has 0 aromatic carbocycles. The van der Waals surface area contributed by atoms with E-state index in [1.165, 1.54) is 161 Å².